The second-order valence-corrected chi connectivity index (χ2v) is 5.18. The fourth-order valence-corrected chi connectivity index (χ4v) is 2.41. The summed E-state index contributed by atoms with van der Waals surface area (Å²) in [5.41, 5.74) is 3.07. The minimum absolute atomic E-state index is 0.0425. The Labute approximate surface area is 114 Å². The predicted octanol–water partition coefficient (Wildman–Crippen LogP) is 2.39. The standard InChI is InChI=1S/C15H22N2O2/c1-10-7-13(14(19-3)8-11(10)2)17-15(18)9-12-5-4-6-16-12/h7-8,12,16H,4-6,9H2,1-3H3,(H,17,18). The van der Waals surface area contributed by atoms with E-state index in [1.165, 1.54) is 0 Å². The lowest BCUT2D eigenvalue weighted by atomic mass is 10.1. The van der Waals surface area contributed by atoms with Crippen molar-refractivity contribution in [2.75, 3.05) is 19.0 Å². The molecule has 0 bridgehead atoms. The molecule has 1 atom stereocenters. The number of rotatable bonds is 4. The molecule has 0 aliphatic carbocycles. The van der Waals surface area contributed by atoms with Crippen LogP contribution in [-0.4, -0.2) is 25.6 Å². The normalized spacial score (nSPS) is 18.4. The number of ether oxygens (including phenoxy) is 1. The third kappa shape index (κ3) is 3.47. The van der Waals surface area contributed by atoms with Gasteiger partial charge in [0, 0.05) is 12.5 Å². The summed E-state index contributed by atoms with van der Waals surface area (Å²) < 4.78 is 5.32. The summed E-state index contributed by atoms with van der Waals surface area (Å²) in [5, 5.41) is 6.28. The smallest absolute Gasteiger partial charge is 0.226 e. The van der Waals surface area contributed by atoms with E-state index in [-0.39, 0.29) is 5.91 Å². The van der Waals surface area contributed by atoms with Gasteiger partial charge in [-0.1, -0.05) is 0 Å². The van der Waals surface area contributed by atoms with Crippen molar-refractivity contribution in [2.24, 2.45) is 0 Å². The van der Waals surface area contributed by atoms with Gasteiger partial charge >= 0.3 is 0 Å². The minimum Gasteiger partial charge on any atom is -0.495 e. The zero-order valence-electron chi connectivity index (χ0n) is 11.9. The van der Waals surface area contributed by atoms with Crippen LogP contribution >= 0.6 is 0 Å². The van der Waals surface area contributed by atoms with Gasteiger partial charge < -0.3 is 15.4 Å². The Balaban J connectivity index is 2.04. The topological polar surface area (TPSA) is 50.4 Å². The first-order chi connectivity index (χ1) is 9.10. The van der Waals surface area contributed by atoms with Crippen LogP contribution in [0.5, 0.6) is 5.75 Å². The Bertz CT molecular complexity index is 465. The lowest BCUT2D eigenvalue weighted by Gasteiger charge is -2.14. The molecule has 1 aromatic rings. The Hall–Kier alpha value is -1.55. The maximum Gasteiger partial charge on any atom is 0.226 e. The van der Waals surface area contributed by atoms with Gasteiger partial charge in [-0.05, 0) is 56.5 Å². The van der Waals surface area contributed by atoms with Gasteiger partial charge in [-0.15, -0.1) is 0 Å². The number of carbonyl (C=O) groups excluding carboxylic acids is 1. The minimum atomic E-state index is 0.0425. The van der Waals surface area contributed by atoms with E-state index in [0.717, 1.165) is 42.0 Å². The fourth-order valence-electron chi connectivity index (χ4n) is 2.41. The molecule has 2 rings (SSSR count). The van der Waals surface area contributed by atoms with Crippen molar-refractivity contribution in [3.8, 4) is 5.75 Å². The Morgan fingerprint density at radius 1 is 1.42 bits per heavy atom. The molecule has 19 heavy (non-hydrogen) atoms. The van der Waals surface area contributed by atoms with Crippen LogP contribution in [-0.2, 0) is 4.79 Å². The highest BCUT2D eigenvalue weighted by molar-refractivity contribution is 5.92. The van der Waals surface area contributed by atoms with Gasteiger partial charge in [0.2, 0.25) is 5.91 Å². The summed E-state index contributed by atoms with van der Waals surface area (Å²) >= 11 is 0. The number of nitrogens with one attached hydrogen (secondary N) is 2. The van der Waals surface area contributed by atoms with Gasteiger partial charge in [0.1, 0.15) is 5.75 Å². The number of benzene rings is 1. The third-order valence-electron chi connectivity index (χ3n) is 3.68. The fraction of sp³-hybridized carbons (Fsp3) is 0.533. The number of amides is 1. The van der Waals surface area contributed by atoms with E-state index in [9.17, 15) is 4.79 Å². The van der Waals surface area contributed by atoms with Crippen LogP contribution in [0.1, 0.15) is 30.4 Å². The van der Waals surface area contributed by atoms with E-state index >= 15 is 0 Å². The SMILES string of the molecule is COc1cc(C)c(C)cc1NC(=O)CC1CCCN1. The largest absolute Gasteiger partial charge is 0.495 e. The van der Waals surface area contributed by atoms with Crippen LogP contribution < -0.4 is 15.4 Å². The molecule has 1 amide bonds. The van der Waals surface area contributed by atoms with Crippen LogP contribution in [0, 0.1) is 13.8 Å². The predicted molar refractivity (Wildman–Crippen MR) is 76.7 cm³/mol. The summed E-state index contributed by atoms with van der Waals surface area (Å²) in [6.45, 7) is 5.08. The van der Waals surface area contributed by atoms with E-state index < -0.39 is 0 Å². The quantitative estimate of drug-likeness (QED) is 0.876. The summed E-state index contributed by atoms with van der Waals surface area (Å²) in [6.07, 6.45) is 2.76. The van der Waals surface area contributed by atoms with Crippen molar-refractivity contribution in [1.82, 2.24) is 5.32 Å². The molecule has 1 fully saturated rings. The maximum atomic E-state index is 12.0. The van der Waals surface area contributed by atoms with Crippen LogP contribution in [0.15, 0.2) is 12.1 Å². The molecule has 0 saturated carbocycles. The molecule has 1 aliphatic rings. The highest BCUT2D eigenvalue weighted by Crippen LogP contribution is 2.28. The Morgan fingerprint density at radius 2 is 2.16 bits per heavy atom. The number of methoxy groups -OCH3 is 1. The maximum absolute atomic E-state index is 12.0. The molecular formula is C15H22N2O2. The second-order valence-electron chi connectivity index (χ2n) is 5.18. The molecule has 0 aromatic heterocycles. The summed E-state index contributed by atoms with van der Waals surface area (Å²) in [7, 11) is 1.62. The number of anilines is 1. The van der Waals surface area contributed by atoms with Gasteiger partial charge in [-0.3, -0.25) is 4.79 Å². The van der Waals surface area contributed by atoms with Crippen LogP contribution in [0.2, 0.25) is 0 Å². The Morgan fingerprint density at radius 3 is 2.79 bits per heavy atom. The molecule has 4 nitrogen and oxygen atoms in total. The van der Waals surface area contributed by atoms with E-state index in [0.29, 0.717) is 12.5 Å². The van der Waals surface area contributed by atoms with E-state index in [4.69, 9.17) is 4.74 Å². The van der Waals surface area contributed by atoms with E-state index in [2.05, 4.69) is 10.6 Å². The number of hydrogen-bond acceptors (Lipinski definition) is 3. The van der Waals surface area contributed by atoms with Crippen LogP contribution in [0.4, 0.5) is 5.69 Å². The lowest BCUT2D eigenvalue weighted by molar-refractivity contribution is -0.116. The summed E-state index contributed by atoms with van der Waals surface area (Å²) in [6, 6.07) is 4.24. The van der Waals surface area contributed by atoms with Gasteiger partial charge in [0.15, 0.2) is 0 Å². The average molecular weight is 262 g/mol. The summed E-state index contributed by atoms with van der Waals surface area (Å²) in [5.74, 6) is 0.761. The lowest BCUT2D eigenvalue weighted by Crippen LogP contribution is -2.27. The number of carbonyl (C=O) groups is 1. The first kappa shape index (κ1) is 13.9. The molecule has 0 radical (unpaired) electrons. The van der Waals surface area contributed by atoms with Gasteiger partial charge in [-0.25, -0.2) is 0 Å². The molecule has 1 saturated heterocycles. The number of hydrogen-bond donors (Lipinski definition) is 2. The molecule has 0 spiro atoms. The van der Waals surface area contributed by atoms with E-state index in [1.807, 2.05) is 26.0 Å². The highest BCUT2D eigenvalue weighted by atomic mass is 16.5. The van der Waals surface area contributed by atoms with Gasteiger partial charge in [0.05, 0.1) is 12.8 Å². The first-order valence-electron chi connectivity index (χ1n) is 6.78. The van der Waals surface area contributed by atoms with Crippen molar-refractivity contribution in [3.05, 3.63) is 23.3 Å². The number of aryl methyl sites for hydroxylation is 2. The molecule has 1 aromatic carbocycles. The molecule has 104 valence electrons. The van der Waals surface area contributed by atoms with Crippen molar-refractivity contribution in [3.63, 3.8) is 0 Å². The zero-order chi connectivity index (χ0) is 13.8. The van der Waals surface area contributed by atoms with Gasteiger partial charge in [0.25, 0.3) is 0 Å². The molecule has 1 aliphatic heterocycles. The zero-order valence-corrected chi connectivity index (χ0v) is 11.9. The van der Waals surface area contributed by atoms with Crippen molar-refractivity contribution >= 4 is 11.6 Å². The van der Waals surface area contributed by atoms with E-state index in [1.54, 1.807) is 7.11 Å². The highest BCUT2D eigenvalue weighted by Gasteiger charge is 2.18. The second kappa shape index (κ2) is 6.06. The van der Waals surface area contributed by atoms with Crippen molar-refractivity contribution in [2.45, 2.75) is 39.2 Å². The molecule has 4 heteroatoms. The molecule has 1 unspecified atom stereocenters. The van der Waals surface area contributed by atoms with Crippen LogP contribution in [0.25, 0.3) is 0 Å². The monoisotopic (exact) mass is 262 g/mol. The Kier molecular flexibility index (Phi) is 4.43. The molecule has 1 heterocycles. The van der Waals surface area contributed by atoms with Crippen molar-refractivity contribution in [1.29, 1.82) is 0 Å². The first-order valence-corrected chi connectivity index (χ1v) is 6.78. The van der Waals surface area contributed by atoms with Gasteiger partial charge in [-0.2, -0.15) is 0 Å². The third-order valence-corrected chi connectivity index (χ3v) is 3.68. The molecular weight excluding hydrogens is 240 g/mol. The summed E-state index contributed by atoms with van der Waals surface area (Å²) in [4.78, 5) is 12.0. The molecule has 2 N–H and O–H groups in total. The van der Waals surface area contributed by atoms with Crippen LogP contribution in [0.3, 0.4) is 0 Å². The average Bonchev–Trinajstić information content (AvgIpc) is 2.86. The van der Waals surface area contributed by atoms with Crippen molar-refractivity contribution < 1.29 is 9.53 Å².